The summed E-state index contributed by atoms with van der Waals surface area (Å²) in [4.78, 5) is 55.9. The number of nitrogens with one attached hydrogen (secondary N) is 4. The second-order valence-electron chi connectivity index (χ2n) is 12.0. The van der Waals surface area contributed by atoms with Crippen LogP contribution in [-0.4, -0.2) is 82.1 Å². The molecule has 0 atom stereocenters. The molecular weight excluding hydrogens is 691 g/mol. The first-order valence-corrected chi connectivity index (χ1v) is 18.0. The maximum Gasteiger partial charge on any atom is 0.272 e. The van der Waals surface area contributed by atoms with Crippen molar-refractivity contribution in [2.24, 2.45) is 14.1 Å². The fraction of sp³-hybridized carbons (Fsp3) is 0.351. The molecule has 0 aliphatic carbocycles. The number of halogens is 2. The Hall–Kier alpha value is -4.78. The van der Waals surface area contributed by atoms with Gasteiger partial charge in [-0.05, 0) is 86.7 Å². The molecule has 0 saturated heterocycles. The van der Waals surface area contributed by atoms with Gasteiger partial charge in [0.2, 0.25) is 5.91 Å². The topological polar surface area (TPSA) is 133 Å². The molecule has 2 aromatic heterocycles. The lowest BCUT2D eigenvalue weighted by molar-refractivity contribution is -0.116. The minimum atomic E-state index is -0.376. The molecule has 0 fully saturated rings. The number of anilines is 5. The van der Waals surface area contributed by atoms with Crippen LogP contribution < -0.4 is 26.2 Å². The zero-order valence-electron chi connectivity index (χ0n) is 29.5. The summed E-state index contributed by atoms with van der Waals surface area (Å²) in [5.74, 6) is -0.213. The zero-order valence-corrected chi connectivity index (χ0v) is 31.0. The van der Waals surface area contributed by atoms with Crippen LogP contribution >= 0.6 is 23.2 Å². The number of aromatic nitrogens is 2. The summed E-state index contributed by atoms with van der Waals surface area (Å²) in [7, 11) is 3.45. The molecule has 4 aromatic rings. The lowest BCUT2D eigenvalue weighted by Crippen LogP contribution is -2.27. The Morgan fingerprint density at radius 2 is 1.10 bits per heavy atom. The third-order valence-corrected chi connectivity index (χ3v) is 8.73. The molecule has 272 valence electrons. The molecule has 12 nitrogen and oxygen atoms in total. The van der Waals surface area contributed by atoms with E-state index in [0.29, 0.717) is 71.0 Å². The second kappa shape index (κ2) is 19.0. The first-order chi connectivity index (χ1) is 24.5. The Morgan fingerprint density at radius 1 is 0.627 bits per heavy atom. The van der Waals surface area contributed by atoms with Crippen molar-refractivity contribution in [3.63, 3.8) is 0 Å². The van der Waals surface area contributed by atoms with Crippen LogP contribution in [0, 0.1) is 0 Å². The summed E-state index contributed by atoms with van der Waals surface area (Å²) < 4.78 is 3.28. The number of nitrogens with zero attached hydrogens (tertiary/aromatic N) is 4. The highest BCUT2D eigenvalue weighted by atomic mass is 35.5. The van der Waals surface area contributed by atoms with Crippen LogP contribution in [0.1, 0.15) is 58.0 Å². The maximum atomic E-state index is 13.1. The van der Waals surface area contributed by atoms with Gasteiger partial charge in [-0.15, -0.1) is 23.2 Å². The normalized spacial score (nSPS) is 11.0. The summed E-state index contributed by atoms with van der Waals surface area (Å²) in [5.41, 5.74) is 4.17. The van der Waals surface area contributed by atoms with E-state index in [-0.39, 0.29) is 23.6 Å². The molecular formula is C37H46Cl2N8O4. The fourth-order valence-electron chi connectivity index (χ4n) is 5.57. The minimum Gasteiger partial charge on any atom is -0.369 e. The SMILES string of the molecule is CCN(CC)CCCC(=O)Nc1cc(C(=O)Nc2ccc(C(=O)Nc3cc(C(=O)Nc4ccc(N(CCCl)CCCl)cc4)n(C)c3)cc2)n(C)c1. The average molecular weight is 738 g/mol. The fourth-order valence-corrected chi connectivity index (χ4v) is 5.98. The number of amides is 4. The lowest BCUT2D eigenvalue weighted by Gasteiger charge is -2.23. The third kappa shape index (κ3) is 11.1. The summed E-state index contributed by atoms with van der Waals surface area (Å²) in [5, 5.41) is 11.4. The molecule has 0 bridgehead atoms. The molecule has 0 aliphatic heterocycles. The van der Waals surface area contributed by atoms with Gasteiger partial charge in [-0.2, -0.15) is 0 Å². The molecule has 0 unspecified atom stereocenters. The molecule has 51 heavy (non-hydrogen) atoms. The van der Waals surface area contributed by atoms with Gasteiger partial charge in [0, 0.05) is 80.4 Å². The van der Waals surface area contributed by atoms with Crippen molar-refractivity contribution in [1.29, 1.82) is 0 Å². The van der Waals surface area contributed by atoms with Crippen LogP contribution in [-0.2, 0) is 18.9 Å². The molecule has 2 heterocycles. The van der Waals surface area contributed by atoms with Crippen LogP contribution in [0.5, 0.6) is 0 Å². The van der Waals surface area contributed by atoms with Crippen molar-refractivity contribution in [1.82, 2.24) is 14.0 Å². The summed E-state index contributed by atoms with van der Waals surface area (Å²) in [6.07, 6.45) is 4.51. The number of carbonyl (C=O) groups excluding carboxylic acids is 4. The highest BCUT2D eigenvalue weighted by molar-refractivity contribution is 6.18. The van der Waals surface area contributed by atoms with E-state index in [1.54, 1.807) is 72.0 Å². The highest BCUT2D eigenvalue weighted by Gasteiger charge is 2.17. The van der Waals surface area contributed by atoms with Gasteiger partial charge in [0.15, 0.2) is 0 Å². The van der Waals surface area contributed by atoms with E-state index >= 15 is 0 Å². The van der Waals surface area contributed by atoms with E-state index in [1.165, 1.54) is 0 Å². The van der Waals surface area contributed by atoms with Gasteiger partial charge in [-0.3, -0.25) is 19.2 Å². The van der Waals surface area contributed by atoms with E-state index < -0.39 is 0 Å². The molecule has 0 saturated carbocycles. The third-order valence-electron chi connectivity index (χ3n) is 8.39. The maximum absolute atomic E-state index is 13.1. The van der Waals surface area contributed by atoms with Crippen LogP contribution in [0.2, 0.25) is 0 Å². The Kier molecular flexibility index (Phi) is 14.5. The summed E-state index contributed by atoms with van der Waals surface area (Å²) in [6.45, 7) is 8.28. The minimum absolute atomic E-state index is 0.0980. The van der Waals surface area contributed by atoms with Gasteiger partial charge in [-0.1, -0.05) is 13.8 Å². The molecule has 0 aliphatic rings. The van der Waals surface area contributed by atoms with E-state index in [2.05, 4.69) is 44.9 Å². The van der Waals surface area contributed by atoms with E-state index in [4.69, 9.17) is 23.2 Å². The molecule has 0 spiro atoms. The molecule has 4 rings (SSSR count). The molecule has 4 N–H and O–H groups in total. The Morgan fingerprint density at radius 3 is 1.59 bits per heavy atom. The quantitative estimate of drug-likeness (QED) is 0.0867. The smallest absolute Gasteiger partial charge is 0.272 e. The lowest BCUT2D eigenvalue weighted by atomic mass is 10.2. The zero-order chi connectivity index (χ0) is 36.9. The van der Waals surface area contributed by atoms with Crippen molar-refractivity contribution < 1.29 is 19.2 Å². The first kappa shape index (κ1) is 39.0. The largest absolute Gasteiger partial charge is 0.369 e. The van der Waals surface area contributed by atoms with Crippen LogP contribution in [0.25, 0.3) is 0 Å². The average Bonchev–Trinajstić information content (AvgIpc) is 3.67. The Balaban J connectivity index is 1.29. The number of aryl methyl sites for hydroxylation is 2. The van der Waals surface area contributed by atoms with Crippen molar-refractivity contribution in [3.05, 3.63) is 90.0 Å². The predicted molar refractivity (Wildman–Crippen MR) is 207 cm³/mol. The second-order valence-corrected chi connectivity index (χ2v) is 12.7. The van der Waals surface area contributed by atoms with Crippen LogP contribution in [0.4, 0.5) is 28.4 Å². The molecule has 14 heteroatoms. The van der Waals surface area contributed by atoms with Gasteiger partial charge in [0.1, 0.15) is 11.4 Å². The van der Waals surface area contributed by atoms with Crippen molar-refractivity contribution in [2.45, 2.75) is 26.7 Å². The monoisotopic (exact) mass is 736 g/mol. The standard InChI is InChI=1S/C37H46Cl2N8O4/c1-5-46(6-2)19-7-8-34(48)40-29-22-32(44(3)24-29)36(50)41-27-11-9-26(10-12-27)35(49)43-30-23-33(45(4)25-30)37(51)42-28-13-15-31(16-14-28)47(20-17-38)21-18-39/h9-16,22-25H,5-8,17-21H2,1-4H3,(H,40,48)(H,41,50)(H,42,51)(H,43,49). The van der Waals surface area contributed by atoms with Gasteiger partial charge < -0.3 is 40.2 Å². The van der Waals surface area contributed by atoms with Gasteiger partial charge in [0.25, 0.3) is 17.7 Å². The number of alkyl halides is 2. The van der Waals surface area contributed by atoms with Crippen molar-refractivity contribution >= 4 is 75.3 Å². The first-order valence-electron chi connectivity index (χ1n) is 16.9. The predicted octanol–water partition coefficient (Wildman–Crippen LogP) is 6.47. The molecule has 4 amide bonds. The van der Waals surface area contributed by atoms with Crippen molar-refractivity contribution in [2.75, 3.05) is 70.7 Å². The summed E-state index contributed by atoms with van der Waals surface area (Å²) >= 11 is 11.8. The van der Waals surface area contributed by atoms with E-state index in [0.717, 1.165) is 31.7 Å². The Bertz CT molecular complexity index is 1780. The number of hydrogen-bond acceptors (Lipinski definition) is 6. The number of carbonyl (C=O) groups is 4. The van der Waals surface area contributed by atoms with Gasteiger partial charge >= 0.3 is 0 Å². The van der Waals surface area contributed by atoms with Crippen LogP contribution in [0.15, 0.2) is 73.1 Å². The number of rotatable bonds is 18. The van der Waals surface area contributed by atoms with E-state index in [9.17, 15) is 19.2 Å². The molecule has 0 radical (unpaired) electrons. The number of benzene rings is 2. The highest BCUT2D eigenvalue weighted by Crippen LogP contribution is 2.21. The van der Waals surface area contributed by atoms with Gasteiger partial charge in [0.05, 0.1) is 11.4 Å². The van der Waals surface area contributed by atoms with Crippen LogP contribution in [0.3, 0.4) is 0 Å². The summed E-state index contributed by atoms with van der Waals surface area (Å²) in [6, 6.07) is 17.1. The van der Waals surface area contributed by atoms with E-state index in [1.807, 2.05) is 24.3 Å². The number of hydrogen-bond donors (Lipinski definition) is 4. The van der Waals surface area contributed by atoms with Crippen molar-refractivity contribution in [3.8, 4) is 0 Å². The molecule has 2 aromatic carbocycles. The van der Waals surface area contributed by atoms with Gasteiger partial charge in [-0.25, -0.2) is 0 Å². The Labute approximate surface area is 309 Å².